The van der Waals surface area contributed by atoms with Gasteiger partial charge in [-0.15, -0.1) is 0 Å². The van der Waals surface area contributed by atoms with E-state index >= 15 is 0 Å². The molecule has 3 amide bonds. The zero-order valence-corrected chi connectivity index (χ0v) is 16.1. The third-order valence-corrected chi connectivity index (χ3v) is 6.41. The number of rotatable bonds is 3. The maximum absolute atomic E-state index is 12.8. The molecule has 0 spiro atoms. The summed E-state index contributed by atoms with van der Waals surface area (Å²) in [5.41, 5.74) is 8.23. The summed E-state index contributed by atoms with van der Waals surface area (Å²) in [6.07, 6.45) is 3.59. The van der Waals surface area contributed by atoms with Crippen LogP contribution in [-0.4, -0.2) is 45.4 Å². The Morgan fingerprint density at radius 1 is 1.29 bits per heavy atom. The van der Waals surface area contributed by atoms with Gasteiger partial charge in [0.15, 0.2) is 0 Å². The van der Waals surface area contributed by atoms with Crippen molar-refractivity contribution in [1.29, 1.82) is 0 Å². The van der Waals surface area contributed by atoms with Crippen LogP contribution in [0.3, 0.4) is 0 Å². The molecule has 7 heteroatoms. The molecule has 150 valence electrons. The average molecular weight is 385 g/mol. The molecule has 1 aromatic carbocycles. The Kier molecular flexibility index (Phi) is 4.75. The van der Waals surface area contributed by atoms with Crippen molar-refractivity contribution in [1.82, 2.24) is 10.2 Å². The summed E-state index contributed by atoms with van der Waals surface area (Å²) >= 11 is 0. The quantitative estimate of drug-likeness (QED) is 0.668. The number of benzene rings is 1. The molecular formula is C21H27N3O4. The molecule has 3 aliphatic rings. The monoisotopic (exact) mass is 385 g/mol. The number of imide groups is 1. The van der Waals surface area contributed by atoms with E-state index in [1.54, 1.807) is 4.90 Å². The molecule has 1 aliphatic carbocycles. The first-order valence-corrected chi connectivity index (χ1v) is 9.98. The van der Waals surface area contributed by atoms with Gasteiger partial charge in [0.1, 0.15) is 6.04 Å². The molecule has 0 radical (unpaired) electrons. The van der Waals surface area contributed by atoms with Gasteiger partial charge in [-0.05, 0) is 62.1 Å². The number of amides is 3. The average Bonchev–Trinajstić information content (AvgIpc) is 2.94. The van der Waals surface area contributed by atoms with E-state index in [1.165, 1.54) is 0 Å². The van der Waals surface area contributed by atoms with Crippen molar-refractivity contribution >= 4 is 17.7 Å². The van der Waals surface area contributed by atoms with Crippen molar-refractivity contribution in [3.05, 3.63) is 34.9 Å². The van der Waals surface area contributed by atoms with Gasteiger partial charge in [0.05, 0.1) is 5.60 Å². The van der Waals surface area contributed by atoms with E-state index in [0.717, 1.165) is 30.4 Å². The highest BCUT2D eigenvalue weighted by molar-refractivity contribution is 6.05. The summed E-state index contributed by atoms with van der Waals surface area (Å²) in [5.74, 6) is -0.640. The molecule has 0 aromatic heterocycles. The Balaban J connectivity index is 1.49. The molecule has 1 unspecified atom stereocenters. The summed E-state index contributed by atoms with van der Waals surface area (Å²) in [6.45, 7) is 2.24. The molecule has 2 aliphatic heterocycles. The van der Waals surface area contributed by atoms with E-state index in [2.05, 4.69) is 5.32 Å². The van der Waals surface area contributed by atoms with Crippen molar-refractivity contribution in [2.45, 2.75) is 69.7 Å². The predicted molar refractivity (Wildman–Crippen MR) is 102 cm³/mol. The van der Waals surface area contributed by atoms with Gasteiger partial charge in [-0.1, -0.05) is 12.1 Å². The molecular weight excluding hydrogens is 358 g/mol. The lowest BCUT2D eigenvalue weighted by atomic mass is 9.74. The Labute approximate surface area is 164 Å². The lowest BCUT2D eigenvalue weighted by Gasteiger charge is -2.38. The number of nitrogens with zero attached hydrogens (tertiary/aromatic N) is 1. The third kappa shape index (κ3) is 3.56. The summed E-state index contributed by atoms with van der Waals surface area (Å²) in [4.78, 5) is 37.9. The van der Waals surface area contributed by atoms with Gasteiger partial charge in [-0.2, -0.15) is 0 Å². The molecule has 2 heterocycles. The summed E-state index contributed by atoms with van der Waals surface area (Å²) < 4.78 is 0. The predicted octanol–water partition coefficient (Wildman–Crippen LogP) is 0.868. The standard InChI is InChI=1S/C21H27N3O4/c1-21(28)7-6-16(22)13(10-21)8-12-2-3-15-14(9-12)11-24(20(15)27)17-4-5-18(25)23-19(17)26/h2-3,9,13,16-17,28H,4-8,10-11,22H2,1H3,(H,23,25,26)/t13-,16-,17?,21+/m0/s1. The largest absolute Gasteiger partial charge is 0.390 e. The van der Waals surface area contributed by atoms with Crippen molar-refractivity contribution in [2.24, 2.45) is 11.7 Å². The number of hydrogen-bond donors (Lipinski definition) is 3. The zero-order chi connectivity index (χ0) is 20.1. The number of hydrogen-bond acceptors (Lipinski definition) is 5. The second kappa shape index (κ2) is 6.97. The fourth-order valence-electron chi connectivity index (χ4n) is 4.81. The van der Waals surface area contributed by atoms with Crippen LogP contribution in [-0.2, 0) is 22.6 Å². The first-order chi connectivity index (χ1) is 13.2. The molecule has 1 aromatic rings. The highest BCUT2D eigenvalue weighted by Crippen LogP contribution is 2.34. The molecule has 28 heavy (non-hydrogen) atoms. The van der Waals surface area contributed by atoms with Crippen molar-refractivity contribution < 1.29 is 19.5 Å². The molecule has 1 saturated carbocycles. The number of nitrogens with one attached hydrogen (secondary N) is 1. The first-order valence-electron chi connectivity index (χ1n) is 9.98. The van der Waals surface area contributed by atoms with Crippen LogP contribution in [0.15, 0.2) is 18.2 Å². The van der Waals surface area contributed by atoms with Gasteiger partial charge in [-0.25, -0.2) is 0 Å². The molecule has 7 nitrogen and oxygen atoms in total. The second-order valence-electron chi connectivity index (χ2n) is 8.76. The van der Waals surface area contributed by atoms with Crippen LogP contribution in [0.4, 0.5) is 0 Å². The number of nitrogens with two attached hydrogens (primary N) is 1. The number of piperidine rings is 1. The van der Waals surface area contributed by atoms with Gasteiger partial charge in [0.2, 0.25) is 11.8 Å². The Morgan fingerprint density at radius 2 is 2.07 bits per heavy atom. The van der Waals surface area contributed by atoms with E-state index in [1.807, 2.05) is 25.1 Å². The van der Waals surface area contributed by atoms with E-state index in [0.29, 0.717) is 24.9 Å². The number of aliphatic hydroxyl groups is 1. The molecule has 0 bridgehead atoms. The van der Waals surface area contributed by atoms with E-state index < -0.39 is 17.6 Å². The van der Waals surface area contributed by atoms with Crippen LogP contribution >= 0.6 is 0 Å². The Morgan fingerprint density at radius 3 is 2.82 bits per heavy atom. The van der Waals surface area contributed by atoms with E-state index in [-0.39, 0.29) is 30.2 Å². The molecule has 2 fully saturated rings. The minimum atomic E-state index is -0.671. The van der Waals surface area contributed by atoms with Crippen LogP contribution in [0, 0.1) is 5.92 Å². The fourth-order valence-corrected chi connectivity index (χ4v) is 4.81. The van der Waals surface area contributed by atoms with E-state index in [9.17, 15) is 19.5 Å². The highest BCUT2D eigenvalue weighted by atomic mass is 16.3. The lowest BCUT2D eigenvalue weighted by Crippen LogP contribution is -2.52. The van der Waals surface area contributed by atoms with Gasteiger partial charge in [-0.3, -0.25) is 19.7 Å². The van der Waals surface area contributed by atoms with Crippen LogP contribution in [0.1, 0.15) is 60.5 Å². The van der Waals surface area contributed by atoms with Gasteiger partial charge in [0, 0.05) is 24.6 Å². The van der Waals surface area contributed by atoms with Gasteiger partial charge in [0.25, 0.3) is 5.91 Å². The lowest BCUT2D eigenvalue weighted by molar-refractivity contribution is -0.136. The maximum atomic E-state index is 12.8. The number of fused-ring (bicyclic) bond motifs is 1. The normalized spacial score (nSPS) is 33.0. The number of carbonyl (C=O) groups excluding carboxylic acids is 3. The third-order valence-electron chi connectivity index (χ3n) is 6.41. The highest BCUT2D eigenvalue weighted by Gasteiger charge is 2.39. The van der Waals surface area contributed by atoms with Gasteiger partial charge >= 0.3 is 0 Å². The number of carbonyl (C=O) groups is 3. The maximum Gasteiger partial charge on any atom is 0.255 e. The first kappa shape index (κ1) is 19.1. The van der Waals surface area contributed by atoms with Crippen LogP contribution in [0.25, 0.3) is 0 Å². The fraction of sp³-hybridized carbons (Fsp3) is 0.571. The molecule has 4 rings (SSSR count). The smallest absolute Gasteiger partial charge is 0.255 e. The van der Waals surface area contributed by atoms with Crippen LogP contribution in [0.5, 0.6) is 0 Å². The molecule has 1 saturated heterocycles. The van der Waals surface area contributed by atoms with Crippen molar-refractivity contribution in [3.63, 3.8) is 0 Å². The van der Waals surface area contributed by atoms with Gasteiger partial charge < -0.3 is 15.7 Å². The Hall–Kier alpha value is -2.25. The SMILES string of the molecule is C[C@@]1(O)CC[C@H](N)[C@@H](Cc2ccc3c(c2)CN(C2CCC(=O)NC2=O)C3=O)C1. The molecule has 4 N–H and O–H groups in total. The second-order valence-corrected chi connectivity index (χ2v) is 8.76. The molecule has 4 atom stereocenters. The van der Waals surface area contributed by atoms with Crippen molar-refractivity contribution in [2.75, 3.05) is 0 Å². The zero-order valence-electron chi connectivity index (χ0n) is 16.1. The summed E-state index contributed by atoms with van der Waals surface area (Å²) in [7, 11) is 0. The minimum absolute atomic E-state index is 0.0649. The van der Waals surface area contributed by atoms with E-state index in [4.69, 9.17) is 5.73 Å². The van der Waals surface area contributed by atoms with Crippen LogP contribution < -0.4 is 11.1 Å². The minimum Gasteiger partial charge on any atom is -0.390 e. The summed E-state index contributed by atoms with van der Waals surface area (Å²) in [5, 5.41) is 12.7. The van der Waals surface area contributed by atoms with Crippen molar-refractivity contribution in [3.8, 4) is 0 Å². The Bertz CT molecular complexity index is 835. The topological polar surface area (TPSA) is 113 Å². The van der Waals surface area contributed by atoms with Crippen LogP contribution in [0.2, 0.25) is 0 Å². The summed E-state index contributed by atoms with van der Waals surface area (Å²) in [6, 6.07) is 5.26.